The highest BCUT2D eigenvalue weighted by atomic mass is 19.1. The van der Waals surface area contributed by atoms with Crippen molar-refractivity contribution in [1.82, 2.24) is 5.32 Å². The first-order valence-electron chi connectivity index (χ1n) is 2.05. The van der Waals surface area contributed by atoms with Crippen LogP contribution in [0.25, 0.3) is 0 Å². The summed E-state index contributed by atoms with van der Waals surface area (Å²) < 4.78 is 11.1. The summed E-state index contributed by atoms with van der Waals surface area (Å²) in [7, 11) is 0. The molecular formula is C4H7FN2. The lowest BCUT2D eigenvalue weighted by Gasteiger charge is -1.88. The molecule has 2 nitrogen and oxygen atoms in total. The molecule has 40 valence electrons. The van der Waals surface area contributed by atoms with Crippen LogP contribution in [-0.2, 0) is 0 Å². The maximum Gasteiger partial charge on any atom is 0.102 e. The van der Waals surface area contributed by atoms with E-state index in [0.717, 1.165) is 0 Å². The molecule has 0 saturated heterocycles. The molecule has 0 heterocycles. The minimum Gasteiger partial charge on any atom is -0.302 e. The average molecular weight is 102 g/mol. The van der Waals surface area contributed by atoms with Gasteiger partial charge in [-0.05, 0) is 0 Å². The monoisotopic (exact) mass is 102 g/mol. The van der Waals surface area contributed by atoms with Crippen LogP contribution in [0, 0.1) is 11.3 Å². The molecule has 7 heavy (non-hydrogen) atoms. The van der Waals surface area contributed by atoms with Gasteiger partial charge in [0, 0.05) is 6.54 Å². The maximum atomic E-state index is 11.1. The maximum absolute atomic E-state index is 11.1. The number of rotatable bonds is 3. The zero-order valence-corrected chi connectivity index (χ0v) is 3.95. The lowest BCUT2D eigenvalue weighted by Crippen LogP contribution is -2.16. The van der Waals surface area contributed by atoms with Gasteiger partial charge in [-0.3, -0.25) is 0 Å². The second kappa shape index (κ2) is 5.38. The van der Waals surface area contributed by atoms with Gasteiger partial charge >= 0.3 is 0 Å². The van der Waals surface area contributed by atoms with Crippen LogP contribution in [0.4, 0.5) is 4.39 Å². The summed E-state index contributed by atoms with van der Waals surface area (Å²) in [6.45, 7) is 0.124. The van der Waals surface area contributed by atoms with E-state index in [9.17, 15) is 4.39 Å². The van der Waals surface area contributed by atoms with Crippen molar-refractivity contribution >= 4 is 0 Å². The molecule has 0 unspecified atom stereocenters. The lowest BCUT2D eigenvalue weighted by molar-refractivity contribution is 0.476. The van der Waals surface area contributed by atoms with Crippen molar-refractivity contribution in [2.75, 3.05) is 19.8 Å². The fourth-order valence-electron chi connectivity index (χ4n) is 0.211. The fraction of sp³-hybridized carbons (Fsp3) is 0.750. The fourth-order valence-corrected chi connectivity index (χ4v) is 0.211. The summed E-state index contributed by atoms with van der Waals surface area (Å²) in [5.74, 6) is 0. The summed E-state index contributed by atoms with van der Waals surface area (Å²) in [4.78, 5) is 0. The predicted octanol–water partition coefficient (Wildman–Crippen LogP) is 0.0691. The second-order valence-corrected chi connectivity index (χ2v) is 1.02. The van der Waals surface area contributed by atoms with Gasteiger partial charge in [0.05, 0.1) is 12.6 Å². The number of alkyl halides is 1. The minimum atomic E-state index is -0.401. The molecule has 0 bridgehead atoms. The molecule has 0 aromatic carbocycles. The van der Waals surface area contributed by atoms with Crippen LogP contribution in [0.3, 0.4) is 0 Å². The second-order valence-electron chi connectivity index (χ2n) is 1.02. The number of nitrogens with one attached hydrogen (secondary N) is 1. The van der Waals surface area contributed by atoms with Gasteiger partial charge in [-0.2, -0.15) is 5.26 Å². The van der Waals surface area contributed by atoms with Gasteiger partial charge in [0.2, 0.25) is 0 Å². The first-order chi connectivity index (χ1) is 3.41. The summed E-state index contributed by atoms with van der Waals surface area (Å²) in [5, 5.41) is 10.4. The van der Waals surface area contributed by atoms with Crippen molar-refractivity contribution in [3.05, 3.63) is 0 Å². The standard InChI is InChI=1S/C4H7FN2/c5-1-3-7-4-2-6/h7H,1,3-4H2. The Labute approximate surface area is 41.9 Å². The van der Waals surface area contributed by atoms with E-state index in [-0.39, 0.29) is 13.1 Å². The first-order valence-corrected chi connectivity index (χ1v) is 2.05. The van der Waals surface area contributed by atoms with Gasteiger partial charge in [-0.15, -0.1) is 0 Å². The van der Waals surface area contributed by atoms with Gasteiger partial charge in [0.25, 0.3) is 0 Å². The lowest BCUT2D eigenvalue weighted by atomic mass is 10.6. The summed E-state index contributed by atoms with van der Waals surface area (Å²) >= 11 is 0. The van der Waals surface area contributed by atoms with Crippen LogP contribution in [0.2, 0.25) is 0 Å². The highest BCUT2D eigenvalue weighted by Gasteiger charge is 1.78. The van der Waals surface area contributed by atoms with Crippen molar-refractivity contribution in [3.63, 3.8) is 0 Å². The number of nitriles is 1. The van der Waals surface area contributed by atoms with E-state index in [2.05, 4.69) is 5.32 Å². The van der Waals surface area contributed by atoms with Gasteiger partial charge in [-0.1, -0.05) is 0 Å². The molecule has 1 N–H and O–H groups in total. The van der Waals surface area contributed by atoms with E-state index < -0.39 is 6.67 Å². The SMILES string of the molecule is N#CCNCCF. The molecular weight excluding hydrogens is 95.1 g/mol. The molecule has 0 radical (unpaired) electrons. The smallest absolute Gasteiger partial charge is 0.102 e. The third-order valence-electron chi connectivity index (χ3n) is 0.475. The van der Waals surface area contributed by atoms with Gasteiger partial charge in [0.1, 0.15) is 6.67 Å². The molecule has 0 aromatic rings. The Morgan fingerprint density at radius 1 is 1.71 bits per heavy atom. The van der Waals surface area contributed by atoms with Crippen LogP contribution >= 0.6 is 0 Å². The van der Waals surface area contributed by atoms with Crippen LogP contribution in [0.15, 0.2) is 0 Å². The summed E-state index contributed by atoms with van der Waals surface area (Å²) in [6.07, 6.45) is 0. The van der Waals surface area contributed by atoms with Crippen molar-refractivity contribution in [2.24, 2.45) is 0 Å². The van der Waals surface area contributed by atoms with E-state index in [1.165, 1.54) is 0 Å². The number of nitrogens with zero attached hydrogens (tertiary/aromatic N) is 1. The first kappa shape index (κ1) is 6.38. The number of hydrogen-bond acceptors (Lipinski definition) is 2. The Morgan fingerprint density at radius 3 is 2.86 bits per heavy atom. The predicted molar refractivity (Wildman–Crippen MR) is 24.5 cm³/mol. The highest BCUT2D eigenvalue weighted by Crippen LogP contribution is 1.59. The molecule has 3 heteroatoms. The molecule has 0 atom stereocenters. The Hall–Kier alpha value is -0.620. The minimum absolute atomic E-state index is 0.240. The third-order valence-corrected chi connectivity index (χ3v) is 0.475. The third kappa shape index (κ3) is 5.38. The molecule has 0 fully saturated rings. The molecule has 0 spiro atoms. The van der Waals surface area contributed by atoms with Crippen molar-refractivity contribution < 1.29 is 4.39 Å². The summed E-state index contributed by atoms with van der Waals surface area (Å²) in [6, 6.07) is 1.82. The Kier molecular flexibility index (Phi) is 4.90. The normalized spacial score (nSPS) is 8.00. The Balaban J connectivity index is 2.60. The van der Waals surface area contributed by atoms with Crippen molar-refractivity contribution in [2.45, 2.75) is 0 Å². The van der Waals surface area contributed by atoms with E-state index in [0.29, 0.717) is 0 Å². The molecule has 0 saturated carbocycles. The molecule has 0 aromatic heterocycles. The van der Waals surface area contributed by atoms with Crippen molar-refractivity contribution in [3.8, 4) is 6.07 Å². The topological polar surface area (TPSA) is 35.8 Å². The molecule has 0 aliphatic rings. The van der Waals surface area contributed by atoms with Crippen LogP contribution in [-0.4, -0.2) is 19.8 Å². The molecule has 0 aliphatic carbocycles. The summed E-state index contributed by atoms with van der Waals surface area (Å²) in [5.41, 5.74) is 0. The van der Waals surface area contributed by atoms with E-state index in [1.54, 1.807) is 0 Å². The van der Waals surface area contributed by atoms with Crippen LogP contribution in [0.5, 0.6) is 0 Å². The Morgan fingerprint density at radius 2 is 2.43 bits per heavy atom. The zero-order chi connectivity index (χ0) is 5.54. The van der Waals surface area contributed by atoms with E-state index >= 15 is 0 Å². The van der Waals surface area contributed by atoms with Gasteiger partial charge in [-0.25, -0.2) is 4.39 Å². The van der Waals surface area contributed by atoms with Gasteiger partial charge < -0.3 is 5.32 Å². The number of halogens is 1. The molecule has 0 rings (SSSR count). The molecule has 0 amide bonds. The molecule has 0 aliphatic heterocycles. The highest BCUT2D eigenvalue weighted by molar-refractivity contribution is 4.71. The zero-order valence-electron chi connectivity index (χ0n) is 3.95. The van der Waals surface area contributed by atoms with E-state index in [4.69, 9.17) is 5.26 Å². The Bertz CT molecular complexity index is 66.6. The van der Waals surface area contributed by atoms with Crippen LogP contribution < -0.4 is 5.32 Å². The average Bonchev–Trinajstić information content (AvgIpc) is 1.69. The number of hydrogen-bond donors (Lipinski definition) is 1. The van der Waals surface area contributed by atoms with Crippen LogP contribution in [0.1, 0.15) is 0 Å². The van der Waals surface area contributed by atoms with Gasteiger partial charge in [0.15, 0.2) is 0 Å². The largest absolute Gasteiger partial charge is 0.302 e. The van der Waals surface area contributed by atoms with E-state index in [1.807, 2.05) is 6.07 Å². The van der Waals surface area contributed by atoms with Crippen molar-refractivity contribution in [1.29, 1.82) is 5.26 Å². The quantitative estimate of drug-likeness (QED) is 0.404.